The van der Waals surface area contributed by atoms with Crippen LogP contribution < -0.4 is 15.6 Å². The van der Waals surface area contributed by atoms with E-state index >= 15 is 0 Å². The van der Waals surface area contributed by atoms with E-state index in [1.54, 1.807) is 42.6 Å². The van der Waals surface area contributed by atoms with E-state index in [-0.39, 0.29) is 11.1 Å². The van der Waals surface area contributed by atoms with Crippen molar-refractivity contribution >= 4 is 22.6 Å². The molecule has 2 aromatic carbocycles. The van der Waals surface area contributed by atoms with Gasteiger partial charge in [0.05, 0.1) is 13.2 Å². The normalized spacial score (nSPS) is 10.7. The Morgan fingerprint density at radius 2 is 1.80 bits per heavy atom. The molecule has 4 aromatic rings. The van der Waals surface area contributed by atoms with E-state index < -0.39 is 5.91 Å². The summed E-state index contributed by atoms with van der Waals surface area (Å²) in [5, 5.41) is 3.52. The molecule has 4 rings (SSSR count). The van der Waals surface area contributed by atoms with Crippen LogP contribution in [0, 0.1) is 0 Å². The van der Waals surface area contributed by atoms with Gasteiger partial charge in [-0.15, -0.1) is 0 Å². The summed E-state index contributed by atoms with van der Waals surface area (Å²) in [6.45, 7) is 2.81. The van der Waals surface area contributed by atoms with Gasteiger partial charge in [0.1, 0.15) is 17.0 Å². The lowest BCUT2D eigenvalue weighted by molar-refractivity contribution is 0.102. The Kier molecular flexibility index (Phi) is 5.57. The number of carbonyl (C=O) groups is 1. The number of nitrogens with one attached hydrogen (secondary N) is 1. The molecule has 0 aliphatic rings. The van der Waals surface area contributed by atoms with E-state index in [0.717, 1.165) is 16.7 Å². The number of pyridine rings is 2. The van der Waals surface area contributed by atoms with Gasteiger partial charge in [0, 0.05) is 17.3 Å². The zero-order valence-corrected chi connectivity index (χ0v) is 16.5. The molecule has 0 saturated heterocycles. The first kappa shape index (κ1) is 19.4. The van der Waals surface area contributed by atoms with Gasteiger partial charge in [-0.25, -0.2) is 4.98 Å². The van der Waals surface area contributed by atoms with Crippen LogP contribution in [-0.2, 0) is 6.54 Å². The van der Waals surface area contributed by atoms with Crippen molar-refractivity contribution in [1.29, 1.82) is 0 Å². The average molecular weight is 399 g/mol. The van der Waals surface area contributed by atoms with E-state index in [4.69, 9.17) is 4.74 Å². The fraction of sp³-hybridized carbons (Fsp3) is 0.125. The second-order valence-corrected chi connectivity index (χ2v) is 6.76. The van der Waals surface area contributed by atoms with Gasteiger partial charge in [0.2, 0.25) is 0 Å². The minimum absolute atomic E-state index is 0.0697. The Bertz CT molecular complexity index is 1230. The molecule has 0 atom stereocenters. The Morgan fingerprint density at radius 1 is 1.03 bits per heavy atom. The van der Waals surface area contributed by atoms with E-state index in [9.17, 15) is 9.59 Å². The Morgan fingerprint density at radius 3 is 2.53 bits per heavy atom. The maximum absolute atomic E-state index is 13.2. The van der Waals surface area contributed by atoms with Crippen molar-refractivity contribution in [3.63, 3.8) is 0 Å². The van der Waals surface area contributed by atoms with Crippen LogP contribution in [0.25, 0.3) is 11.0 Å². The fourth-order valence-electron chi connectivity index (χ4n) is 3.28. The number of hydrogen-bond acceptors (Lipinski definition) is 4. The van der Waals surface area contributed by atoms with Gasteiger partial charge in [-0.1, -0.05) is 30.3 Å². The first-order valence-corrected chi connectivity index (χ1v) is 9.72. The summed E-state index contributed by atoms with van der Waals surface area (Å²) in [5.74, 6) is 0.259. The highest BCUT2D eigenvalue weighted by Gasteiger charge is 2.17. The topological polar surface area (TPSA) is 73.2 Å². The van der Waals surface area contributed by atoms with Crippen LogP contribution in [0.2, 0.25) is 0 Å². The average Bonchev–Trinajstić information content (AvgIpc) is 2.77. The smallest absolute Gasteiger partial charge is 0.265 e. The lowest BCUT2D eigenvalue weighted by atomic mass is 10.1. The molecule has 0 unspecified atom stereocenters. The molecular formula is C24H21N3O3. The molecule has 2 heterocycles. The number of hydrogen-bond donors (Lipinski definition) is 1. The Labute approximate surface area is 173 Å². The summed E-state index contributed by atoms with van der Waals surface area (Å²) < 4.78 is 6.96. The third-order valence-corrected chi connectivity index (χ3v) is 4.70. The van der Waals surface area contributed by atoms with Crippen molar-refractivity contribution < 1.29 is 9.53 Å². The predicted molar refractivity (Wildman–Crippen MR) is 117 cm³/mol. The van der Waals surface area contributed by atoms with Crippen LogP contribution in [0.3, 0.4) is 0 Å². The molecule has 6 nitrogen and oxygen atoms in total. The molecule has 0 fully saturated rings. The summed E-state index contributed by atoms with van der Waals surface area (Å²) in [6, 6.07) is 21.9. The largest absolute Gasteiger partial charge is 0.494 e. The first-order chi connectivity index (χ1) is 14.7. The van der Waals surface area contributed by atoms with Gasteiger partial charge in [0.15, 0.2) is 0 Å². The summed E-state index contributed by atoms with van der Waals surface area (Å²) in [6.07, 6.45) is 1.64. The number of nitrogens with zero attached hydrogens (tertiary/aromatic N) is 2. The zero-order valence-electron chi connectivity index (χ0n) is 16.5. The van der Waals surface area contributed by atoms with Crippen molar-refractivity contribution in [2.75, 3.05) is 11.9 Å². The molecule has 0 spiro atoms. The number of amides is 1. The molecule has 150 valence electrons. The van der Waals surface area contributed by atoms with Gasteiger partial charge in [0.25, 0.3) is 11.5 Å². The van der Waals surface area contributed by atoms with Crippen LogP contribution >= 0.6 is 0 Å². The van der Waals surface area contributed by atoms with Crippen LogP contribution in [0.1, 0.15) is 22.8 Å². The van der Waals surface area contributed by atoms with Gasteiger partial charge >= 0.3 is 0 Å². The number of anilines is 1. The lowest BCUT2D eigenvalue weighted by Crippen LogP contribution is -2.30. The van der Waals surface area contributed by atoms with E-state index in [1.165, 1.54) is 4.57 Å². The molecule has 1 amide bonds. The lowest BCUT2D eigenvalue weighted by Gasteiger charge is -2.13. The first-order valence-electron chi connectivity index (χ1n) is 9.72. The third kappa shape index (κ3) is 4.07. The van der Waals surface area contributed by atoms with E-state index in [2.05, 4.69) is 10.3 Å². The van der Waals surface area contributed by atoms with Crippen molar-refractivity contribution in [2.45, 2.75) is 13.5 Å². The van der Waals surface area contributed by atoms with Gasteiger partial charge in [-0.2, -0.15) is 0 Å². The molecule has 0 saturated carbocycles. The molecule has 2 aromatic heterocycles. The molecule has 0 bridgehead atoms. The number of aromatic nitrogens is 2. The predicted octanol–water partition coefficient (Wildman–Crippen LogP) is 4.10. The summed E-state index contributed by atoms with van der Waals surface area (Å²) in [5.41, 5.74) is 1.78. The Balaban J connectivity index is 1.70. The van der Waals surface area contributed by atoms with Crippen molar-refractivity contribution in [1.82, 2.24) is 9.55 Å². The minimum atomic E-state index is -0.461. The molecule has 1 N–H and O–H groups in total. The van der Waals surface area contributed by atoms with Gasteiger partial charge < -0.3 is 10.1 Å². The Hall–Kier alpha value is -3.93. The highest BCUT2D eigenvalue weighted by atomic mass is 16.5. The highest BCUT2D eigenvalue weighted by molar-refractivity contribution is 6.05. The SMILES string of the molecule is CCOc1ccc(NC(=O)c2cc3cccnc3n(Cc3ccccc3)c2=O)cc1. The number of fused-ring (bicyclic) bond motifs is 1. The molecular weight excluding hydrogens is 378 g/mol. The summed E-state index contributed by atoms with van der Waals surface area (Å²) in [7, 11) is 0. The summed E-state index contributed by atoms with van der Waals surface area (Å²) >= 11 is 0. The standard InChI is InChI=1S/C24H21N3O3/c1-2-30-20-12-10-19(11-13-20)26-23(28)21-15-18-9-6-14-25-22(18)27(24(21)29)16-17-7-4-3-5-8-17/h3-15H,2,16H2,1H3,(H,26,28). The van der Waals surface area contributed by atoms with Crippen molar-refractivity contribution in [2.24, 2.45) is 0 Å². The molecule has 6 heteroatoms. The number of ether oxygens (including phenoxy) is 1. The van der Waals surface area contributed by atoms with Gasteiger partial charge in [-0.05, 0) is 55.0 Å². The van der Waals surface area contributed by atoms with Crippen LogP contribution in [-0.4, -0.2) is 22.1 Å². The van der Waals surface area contributed by atoms with Gasteiger partial charge in [-0.3, -0.25) is 14.2 Å². The van der Waals surface area contributed by atoms with Crippen LogP contribution in [0.4, 0.5) is 5.69 Å². The number of rotatable bonds is 6. The third-order valence-electron chi connectivity index (χ3n) is 4.70. The quantitative estimate of drug-likeness (QED) is 0.530. The molecule has 0 radical (unpaired) electrons. The van der Waals surface area contributed by atoms with E-state index in [1.807, 2.05) is 43.3 Å². The van der Waals surface area contributed by atoms with Crippen molar-refractivity contribution in [3.8, 4) is 5.75 Å². The minimum Gasteiger partial charge on any atom is -0.494 e. The van der Waals surface area contributed by atoms with E-state index in [0.29, 0.717) is 24.5 Å². The second kappa shape index (κ2) is 8.61. The van der Waals surface area contributed by atoms with Crippen LogP contribution in [0.15, 0.2) is 83.8 Å². The molecule has 30 heavy (non-hydrogen) atoms. The summed E-state index contributed by atoms with van der Waals surface area (Å²) in [4.78, 5) is 30.5. The number of benzene rings is 2. The van der Waals surface area contributed by atoms with Crippen molar-refractivity contribution in [3.05, 3.63) is 100 Å². The fourth-order valence-corrected chi connectivity index (χ4v) is 3.28. The monoisotopic (exact) mass is 399 g/mol. The maximum Gasteiger partial charge on any atom is 0.265 e. The highest BCUT2D eigenvalue weighted by Crippen LogP contribution is 2.17. The molecule has 0 aliphatic carbocycles. The van der Waals surface area contributed by atoms with Crippen LogP contribution in [0.5, 0.6) is 5.75 Å². The second-order valence-electron chi connectivity index (χ2n) is 6.76. The number of carbonyl (C=O) groups excluding carboxylic acids is 1. The maximum atomic E-state index is 13.2. The zero-order chi connectivity index (χ0) is 20.9. The molecule has 0 aliphatic heterocycles.